The fourth-order valence-corrected chi connectivity index (χ4v) is 3.06. The molecule has 156 valence electrons. The van der Waals surface area contributed by atoms with Crippen molar-refractivity contribution in [1.29, 1.82) is 0 Å². The van der Waals surface area contributed by atoms with Crippen LogP contribution in [-0.2, 0) is 0 Å². The smallest absolute Gasteiger partial charge is 0.503 e. The van der Waals surface area contributed by atoms with Crippen LogP contribution in [0.25, 0.3) is 10.8 Å². The second kappa shape index (κ2) is 9.60. The standard InChI is InChI=1S/C21H20N2O3.CH2O3/c24-20-18-10-9-17(26-16-7-2-1-3-8-16)11-15(18)13-22-19(20)21(25)23-12-14-5-4-6-14;2-1(3)4/h1-3,7-11,13-14,24H,4-6,12H2,(H,23,25);(H2,2,3,4). The van der Waals surface area contributed by atoms with Crippen LogP contribution in [0.15, 0.2) is 54.7 Å². The van der Waals surface area contributed by atoms with E-state index in [4.69, 9.17) is 19.7 Å². The summed E-state index contributed by atoms with van der Waals surface area (Å²) in [6, 6.07) is 14.8. The van der Waals surface area contributed by atoms with E-state index >= 15 is 0 Å². The summed E-state index contributed by atoms with van der Waals surface area (Å²) in [7, 11) is 0. The first kappa shape index (κ1) is 20.9. The van der Waals surface area contributed by atoms with Crippen LogP contribution in [0.4, 0.5) is 4.79 Å². The summed E-state index contributed by atoms with van der Waals surface area (Å²) in [5, 5.41) is 28.6. The van der Waals surface area contributed by atoms with Crippen molar-refractivity contribution < 1.29 is 29.6 Å². The first-order valence-corrected chi connectivity index (χ1v) is 9.48. The number of pyridine rings is 1. The molecule has 0 bridgehead atoms. The van der Waals surface area contributed by atoms with E-state index in [1.807, 2.05) is 30.3 Å². The van der Waals surface area contributed by atoms with Crippen LogP contribution in [0.5, 0.6) is 17.2 Å². The van der Waals surface area contributed by atoms with E-state index in [1.165, 1.54) is 6.42 Å². The van der Waals surface area contributed by atoms with Gasteiger partial charge in [-0.25, -0.2) is 9.78 Å². The summed E-state index contributed by atoms with van der Waals surface area (Å²) in [4.78, 5) is 25.0. The molecule has 1 amide bonds. The molecule has 1 aromatic heterocycles. The molecule has 0 spiro atoms. The third kappa shape index (κ3) is 5.38. The van der Waals surface area contributed by atoms with Gasteiger partial charge in [0, 0.05) is 23.5 Å². The molecule has 0 saturated heterocycles. The molecule has 0 aliphatic heterocycles. The van der Waals surface area contributed by atoms with Crippen molar-refractivity contribution in [2.24, 2.45) is 5.92 Å². The number of nitrogens with one attached hydrogen (secondary N) is 1. The van der Waals surface area contributed by atoms with E-state index in [-0.39, 0.29) is 17.4 Å². The van der Waals surface area contributed by atoms with Crippen molar-refractivity contribution >= 4 is 22.8 Å². The Balaban J connectivity index is 0.000000589. The molecule has 1 saturated carbocycles. The molecule has 4 N–H and O–H groups in total. The maximum atomic E-state index is 12.3. The predicted octanol–water partition coefficient (Wildman–Crippen LogP) is 4.49. The number of carbonyl (C=O) groups excluding carboxylic acids is 1. The summed E-state index contributed by atoms with van der Waals surface area (Å²) >= 11 is 0. The molecule has 1 fully saturated rings. The Morgan fingerprint density at radius 3 is 2.40 bits per heavy atom. The number of para-hydroxylation sites is 1. The molecular formula is C22H22N2O6. The Kier molecular flexibility index (Phi) is 6.69. The zero-order valence-corrected chi connectivity index (χ0v) is 16.1. The number of aromatic hydroxyl groups is 1. The number of ether oxygens (including phenoxy) is 1. The number of amides is 1. The number of aromatic nitrogens is 1. The summed E-state index contributed by atoms with van der Waals surface area (Å²) in [6.45, 7) is 0.641. The largest absolute Gasteiger partial charge is 0.505 e. The van der Waals surface area contributed by atoms with Gasteiger partial charge in [-0.15, -0.1) is 0 Å². The van der Waals surface area contributed by atoms with Gasteiger partial charge in [0.2, 0.25) is 0 Å². The third-order valence-corrected chi connectivity index (χ3v) is 4.81. The lowest BCUT2D eigenvalue weighted by molar-refractivity contribution is 0.0931. The van der Waals surface area contributed by atoms with Crippen molar-refractivity contribution in [3.8, 4) is 17.2 Å². The average molecular weight is 410 g/mol. The van der Waals surface area contributed by atoms with Gasteiger partial charge in [-0.1, -0.05) is 24.6 Å². The van der Waals surface area contributed by atoms with Gasteiger partial charge in [-0.05, 0) is 49.1 Å². The number of nitrogens with zero attached hydrogens (tertiary/aromatic N) is 1. The minimum Gasteiger partial charge on any atom is -0.505 e. The zero-order valence-electron chi connectivity index (χ0n) is 16.1. The Bertz CT molecular complexity index is 1030. The Morgan fingerprint density at radius 2 is 1.77 bits per heavy atom. The molecule has 0 atom stereocenters. The Labute approximate surface area is 172 Å². The van der Waals surface area contributed by atoms with Gasteiger partial charge >= 0.3 is 6.16 Å². The van der Waals surface area contributed by atoms with Crippen LogP contribution in [0.2, 0.25) is 0 Å². The van der Waals surface area contributed by atoms with Crippen LogP contribution in [-0.4, -0.2) is 38.9 Å². The van der Waals surface area contributed by atoms with Crippen molar-refractivity contribution in [2.75, 3.05) is 6.54 Å². The number of benzene rings is 2. The molecule has 1 heterocycles. The fraction of sp³-hybridized carbons (Fsp3) is 0.227. The topological polar surface area (TPSA) is 129 Å². The number of fused-ring (bicyclic) bond motifs is 1. The molecule has 0 radical (unpaired) electrons. The lowest BCUT2D eigenvalue weighted by Gasteiger charge is -2.25. The second-order valence-electron chi connectivity index (χ2n) is 6.91. The van der Waals surface area contributed by atoms with Crippen LogP contribution in [0, 0.1) is 5.92 Å². The minimum absolute atomic E-state index is 0.0635. The van der Waals surface area contributed by atoms with Gasteiger partial charge in [0.05, 0.1) is 0 Å². The third-order valence-electron chi connectivity index (χ3n) is 4.81. The van der Waals surface area contributed by atoms with Crippen LogP contribution in [0.1, 0.15) is 29.8 Å². The number of rotatable bonds is 5. The van der Waals surface area contributed by atoms with Crippen molar-refractivity contribution in [2.45, 2.75) is 19.3 Å². The van der Waals surface area contributed by atoms with E-state index in [9.17, 15) is 9.90 Å². The van der Waals surface area contributed by atoms with Crippen molar-refractivity contribution in [1.82, 2.24) is 10.3 Å². The highest BCUT2D eigenvalue weighted by atomic mass is 16.6. The molecule has 0 unspecified atom stereocenters. The maximum Gasteiger partial charge on any atom is 0.503 e. The lowest BCUT2D eigenvalue weighted by Crippen LogP contribution is -2.32. The Hall–Kier alpha value is -3.81. The highest BCUT2D eigenvalue weighted by molar-refractivity contribution is 6.01. The summed E-state index contributed by atoms with van der Waals surface area (Å²) in [5.74, 6) is 1.50. The van der Waals surface area contributed by atoms with Gasteiger partial charge in [0.15, 0.2) is 11.4 Å². The number of carboxylic acid groups (broad SMARTS) is 2. The molecule has 1 aliphatic carbocycles. The normalized spacial score (nSPS) is 12.9. The first-order chi connectivity index (χ1) is 14.4. The minimum atomic E-state index is -1.83. The Morgan fingerprint density at radius 1 is 1.07 bits per heavy atom. The lowest BCUT2D eigenvalue weighted by atomic mass is 9.85. The molecule has 30 heavy (non-hydrogen) atoms. The van der Waals surface area contributed by atoms with Gasteiger partial charge in [0.1, 0.15) is 11.5 Å². The number of hydrogen-bond acceptors (Lipinski definition) is 5. The zero-order chi connectivity index (χ0) is 21.5. The van der Waals surface area contributed by atoms with Crippen LogP contribution < -0.4 is 10.1 Å². The summed E-state index contributed by atoms with van der Waals surface area (Å²) in [5.41, 5.74) is 0.0635. The molecule has 4 rings (SSSR count). The number of carbonyl (C=O) groups is 2. The van der Waals surface area contributed by atoms with Crippen molar-refractivity contribution in [3.05, 3.63) is 60.4 Å². The van der Waals surface area contributed by atoms with Gasteiger partial charge < -0.3 is 25.4 Å². The van der Waals surface area contributed by atoms with E-state index in [0.717, 1.165) is 18.6 Å². The van der Waals surface area contributed by atoms with Crippen LogP contribution in [0.3, 0.4) is 0 Å². The monoisotopic (exact) mass is 410 g/mol. The average Bonchev–Trinajstić information content (AvgIpc) is 2.67. The quantitative estimate of drug-likeness (QED) is 0.488. The van der Waals surface area contributed by atoms with E-state index in [0.29, 0.717) is 29.0 Å². The van der Waals surface area contributed by atoms with E-state index in [2.05, 4.69) is 10.3 Å². The molecular weight excluding hydrogens is 388 g/mol. The highest BCUT2D eigenvalue weighted by Gasteiger charge is 2.21. The molecule has 8 heteroatoms. The molecule has 8 nitrogen and oxygen atoms in total. The van der Waals surface area contributed by atoms with Gasteiger partial charge in [-0.2, -0.15) is 0 Å². The van der Waals surface area contributed by atoms with Gasteiger partial charge in [0.25, 0.3) is 5.91 Å². The molecule has 1 aliphatic rings. The van der Waals surface area contributed by atoms with E-state index < -0.39 is 6.16 Å². The second-order valence-corrected chi connectivity index (χ2v) is 6.91. The van der Waals surface area contributed by atoms with E-state index in [1.54, 1.807) is 24.4 Å². The maximum absolute atomic E-state index is 12.3. The molecule has 3 aromatic rings. The van der Waals surface area contributed by atoms with Crippen LogP contribution >= 0.6 is 0 Å². The fourth-order valence-electron chi connectivity index (χ4n) is 3.06. The predicted molar refractivity (Wildman–Crippen MR) is 110 cm³/mol. The summed E-state index contributed by atoms with van der Waals surface area (Å²) in [6.07, 6.45) is 3.29. The van der Waals surface area contributed by atoms with Crippen molar-refractivity contribution in [3.63, 3.8) is 0 Å². The number of hydrogen-bond donors (Lipinski definition) is 4. The summed E-state index contributed by atoms with van der Waals surface area (Å²) < 4.78 is 5.80. The van der Waals surface area contributed by atoms with Gasteiger partial charge in [-0.3, -0.25) is 4.79 Å². The SMILES string of the molecule is O=C(NCC1CCC1)c1ncc2cc(Oc3ccccc3)ccc2c1O.O=C(O)O. The highest BCUT2D eigenvalue weighted by Crippen LogP contribution is 2.31. The molecule has 2 aromatic carbocycles. The first-order valence-electron chi connectivity index (χ1n) is 9.48.